The van der Waals surface area contributed by atoms with Crippen molar-refractivity contribution >= 4 is 0 Å². The first-order valence-corrected chi connectivity index (χ1v) is 6.67. The molecule has 0 spiro atoms. The van der Waals surface area contributed by atoms with E-state index in [-0.39, 0.29) is 12.0 Å². The Morgan fingerprint density at radius 2 is 1.21 bits per heavy atom. The molecule has 0 aliphatic heterocycles. The van der Waals surface area contributed by atoms with Gasteiger partial charge in [0.2, 0.25) is 0 Å². The molecule has 2 aromatic carbocycles. The van der Waals surface area contributed by atoms with E-state index < -0.39 is 0 Å². The molecular weight excluding hydrogens is 234 g/mol. The highest BCUT2D eigenvalue weighted by Crippen LogP contribution is 2.26. The van der Waals surface area contributed by atoms with E-state index in [2.05, 4.69) is 24.3 Å². The minimum atomic E-state index is -0.275. The van der Waals surface area contributed by atoms with Crippen molar-refractivity contribution in [1.29, 1.82) is 0 Å². The molecule has 0 saturated heterocycles. The number of benzene rings is 2. The molecule has 0 aliphatic carbocycles. The van der Waals surface area contributed by atoms with Crippen LogP contribution in [0.1, 0.15) is 11.1 Å². The third-order valence-corrected chi connectivity index (χ3v) is 3.61. The standard InChI is InChI=1S/C17H21NO/c18-13-17(14-19,11-15-7-3-1-4-8-15)12-16-9-5-2-6-10-16/h1-10,19H,11-14,18H2. The molecule has 0 saturated carbocycles. The van der Waals surface area contributed by atoms with Crippen molar-refractivity contribution < 1.29 is 5.11 Å². The van der Waals surface area contributed by atoms with Crippen molar-refractivity contribution in [3.8, 4) is 0 Å². The summed E-state index contributed by atoms with van der Waals surface area (Å²) in [7, 11) is 0. The molecule has 100 valence electrons. The summed E-state index contributed by atoms with van der Waals surface area (Å²) >= 11 is 0. The second-order valence-corrected chi connectivity index (χ2v) is 5.19. The molecule has 2 rings (SSSR count). The van der Waals surface area contributed by atoms with Gasteiger partial charge in [0.25, 0.3) is 0 Å². The fourth-order valence-corrected chi connectivity index (χ4v) is 2.44. The maximum atomic E-state index is 9.82. The Kier molecular flexibility index (Phi) is 4.72. The average molecular weight is 255 g/mol. The van der Waals surface area contributed by atoms with Crippen LogP contribution < -0.4 is 5.73 Å². The zero-order valence-corrected chi connectivity index (χ0v) is 11.1. The normalized spacial score (nSPS) is 11.5. The van der Waals surface area contributed by atoms with Crippen LogP contribution in [0, 0.1) is 5.41 Å². The van der Waals surface area contributed by atoms with E-state index in [0.29, 0.717) is 6.54 Å². The van der Waals surface area contributed by atoms with E-state index >= 15 is 0 Å². The van der Waals surface area contributed by atoms with Crippen LogP contribution in [0.4, 0.5) is 0 Å². The molecule has 0 unspecified atom stereocenters. The molecule has 2 aromatic rings. The molecule has 0 bridgehead atoms. The Morgan fingerprint density at radius 1 is 0.789 bits per heavy atom. The molecule has 0 aliphatic rings. The van der Waals surface area contributed by atoms with E-state index in [1.165, 1.54) is 11.1 Å². The maximum Gasteiger partial charge on any atom is 0.0505 e. The first-order valence-electron chi connectivity index (χ1n) is 6.67. The van der Waals surface area contributed by atoms with Crippen LogP contribution >= 0.6 is 0 Å². The smallest absolute Gasteiger partial charge is 0.0505 e. The summed E-state index contributed by atoms with van der Waals surface area (Å²) < 4.78 is 0. The summed E-state index contributed by atoms with van der Waals surface area (Å²) in [4.78, 5) is 0. The lowest BCUT2D eigenvalue weighted by atomic mass is 9.77. The Bertz CT molecular complexity index is 434. The lowest BCUT2D eigenvalue weighted by Crippen LogP contribution is -2.38. The highest BCUT2D eigenvalue weighted by atomic mass is 16.3. The number of rotatable bonds is 6. The summed E-state index contributed by atoms with van der Waals surface area (Å²) in [6, 6.07) is 20.5. The average Bonchev–Trinajstić information content (AvgIpc) is 2.48. The second kappa shape index (κ2) is 6.50. The van der Waals surface area contributed by atoms with Crippen LogP contribution in [-0.4, -0.2) is 18.3 Å². The molecule has 0 aromatic heterocycles. The molecule has 0 radical (unpaired) electrons. The Hall–Kier alpha value is -1.64. The number of nitrogens with two attached hydrogens (primary N) is 1. The summed E-state index contributed by atoms with van der Waals surface area (Å²) in [5.74, 6) is 0. The van der Waals surface area contributed by atoms with Crippen LogP contribution in [0.15, 0.2) is 60.7 Å². The van der Waals surface area contributed by atoms with E-state index in [1.807, 2.05) is 36.4 Å². The summed E-state index contributed by atoms with van der Waals surface area (Å²) in [5, 5.41) is 9.82. The van der Waals surface area contributed by atoms with E-state index in [0.717, 1.165) is 12.8 Å². The first-order chi connectivity index (χ1) is 9.28. The molecule has 19 heavy (non-hydrogen) atoms. The SMILES string of the molecule is NCC(CO)(Cc1ccccc1)Cc1ccccc1. The number of hydrogen-bond donors (Lipinski definition) is 2. The minimum Gasteiger partial charge on any atom is -0.396 e. The van der Waals surface area contributed by atoms with Crippen molar-refractivity contribution in [3.05, 3.63) is 71.8 Å². The second-order valence-electron chi connectivity index (χ2n) is 5.19. The monoisotopic (exact) mass is 255 g/mol. The summed E-state index contributed by atoms with van der Waals surface area (Å²) in [5.41, 5.74) is 8.12. The third-order valence-electron chi connectivity index (χ3n) is 3.61. The molecule has 3 N–H and O–H groups in total. The van der Waals surface area contributed by atoms with Gasteiger partial charge in [-0.2, -0.15) is 0 Å². The van der Waals surface area contributed by atoms with Gasteiger partial charge in [0.05, 0.1) is 6.61 Å². The van der Waals surface area contributed by atoms with Crippen molar-refractivity contribution in [1.82, 2.24) is 0 Å². The molecular formula is C17H21NO. The first kappa shape index (κ1) is 13.8. The quantitative estimate of drug-likeness (QED) is 0.832. The topological polar surface area (TPSA) is 46.2 Å². The Balaban J connectivity index is 2.18. The maximum absolute atomic E-state index is 9.82. The fourth-order valence-electron chi connectivity index (χ4n) is 2.44. The zero-order valence-electron chi connectivity index (χ0n) is 11.1. The minimum absolute atomic E-state index is 0.104. The van der Waals surface area contributed by atoms with Crippen molar-refractivity contribution in [2.24, 2.45) is 11.1 Å². The van der Waals surface area contributed by atoms with Crippen molar-refractivity contribution in [2.75, 3.05) is 13.2 Å². The lowest BCUT2D eigenvalue weighted by molar-refractivity contribution is 0.131. The van der Waals surface area contributed by atoms with Crippen molar-refractivity contribution in [2.45, 2.75) is 12.8 Å². The van der Waals surface area contributed by atoms with Gasteiger partial charge in [-0.1, -0.05) is 60.7 Å². The predicted octanol–water partition coefficient (Wildman–Crippen LogP) is 2.41. The highest BCUT2D eigenvalue weighted by Gasteiger charge is 2.28. The Labute approximate surface area is 114 Å². The Morgan fingerprint density at radius 3 is 1.53 bits per heavy atom. The van der Waals surface area contributed by atoms with Gasteiger partial charge in [0.1, 0.15) is 0 Å². The van der Waals surface area contributed by atoms with Gasteiger partial charge in [0, 0.05) is 12.0 Å². The van der Waals surface area contributed by atoms with Gasteiger partial charge in [-0.3, -0.25) is 0 Å². The number of aliphatic hydroxyl groups is 1. The van der Waals surface area contributed by atoms with E-state index in [4.69, 9.17) is 5.73 Å². The van der Waals surface area contributed by atoms with Gasteiger partial charge in [-0.05, 0) is 24.0 Å². The van der Waals surface area contributed by atoms with Gasteiger partial charge < -0.3 is 10.8 Å². The number of aliphatic hydroxyl groups excluding tert-OH is 1. The van der Waals surface area contributed by atoms with Crippen LogP contribution in [0.2, 0.25) is 0 Å². The molecule has 0 heterocycles. The molecule has 0 amide bonds. The van der Waals surface area contributed by atoms with E-state index in [9.17, 15) is 5.11 Å². The van der Waals surface area contributed by atoms with Crippen molar-refractivity contribution in [3.63, 3.8) is 0 Å². The molecule has 0 fully saturated rings. The van der Waals surface area contributed by atoms with Gasteiger partial charge in [-0.25, -0.2) is 0 Å². The third kappa shape index (κ3) is 3.66. The zero-order chi connectivity index (χ0) is 13.6. The largest absolute Gasteiger partial charge is 0.396 e. The van der Waals surface area contributed by atoms with Gasteiger partial charge in [0.15, 0.2) is 0 Å². The molecule has 0 atom stereocenters. The summed E-state index contributed by atoms with van der Waals surface area (Å²) in [6.45, 7) is 0.584. The summed E-state index contributed by atoms with van der Waals surface area (Å²) in [6.07, 6.45) is 1.60. The van der Waals surface area contributed by atoms with E-state index in [1.54, 1.807) is 0 Å². The van der Waals surface area contributed by atoms with Crippen LogP contribution in [-0.2, 0) is 12.8 Å². The lowest BCUT2D eigenvalue weighted by Gasteiger charge is -2.31. The van der Waals surface area contributed by atoms with Crippen LogP contribution in [0.25, 0.3) is 0 Å². The highest BCUT2D eigenvalue weighted by molar-refractivity contribution is 5.21. The molecule has 2 heteroatoms. The number of hydrogen-bond acceptors (Lipinski definition) is 2. The van der Waals surface area contributed by atoms with Crippen LogP contribution in [0.5, 0.6) is 0 Å². The molecule has 2 nitrogen and oxygen atoms in total. The van der Waals surface area contributed by atoms with Gasteiger partial charge >= 0.3 is 0 Å². The predicted molar refractivity (Wildman–Crippen MR) is 78.9 cm³/mol. The van der Waals surface area contributed by atoms with Gasteiger partial charge in [-0.15, -0.1) is 0 Å². The van der Waals surface area contributed by atoms with Crippen LogP contribution in [0.3, 0.4) is 0 Å². The fraction of sp³-hybridized carbons (Fsp3) is 0.294.